The first-order valence-electron chi connectivity index (χ1n) is 5.19. The average molecular weight is 237 g/mol. The van der Waals surface area contributed by atoms with Gasteiger partial charge in [0.15, 0.2) is 5.82 Å². The number of rotatable bonds is 2. The number of anilines is 1. The third-order valence-electron chi connectivity index (χ3n) is 2.65. The van der Waals surface area contributed by atoms with E-state index in [1.807, 2.05) is 19.1 Å². The monoisotopic (exact) mass is 237 g/mol. The van der Waals surface area contributed by atoms with Crippen molar-refractivity contribution in [3.8, 4) is 11.1 Å². The highest BCUT2D eigenvalue weighted by atomic mass is 19.3. The Morgan fingerprint density at radius 2 is 1.94 bits per heavy atom. The van der Waals surface area contributed by atoms with E-state index in [0.717, 1.165) is 12.5 Å². The van der Waals surface area contributed by atoms with Crippen molar-refractivity contribution in [2.45, 2.75) is 19.8 Å². The Kier molecular flexibility index (Phi) is 2.61. The Balaban J connectivity index is 2.68. The van der Waals surface area contributed by atoms with Crippen molar-refractivity contribution in [3.63, 3.8) is 0 Å². The number of alkyl halides is 2. The van der Waals surface area contributed by atoms with E-state index >= 15 is 0 Å². The van der Waals surface area contributed by atoms with E-state index in [-0.39, 0.29) is 17.1 Å². The lowest BCUT2D eigenvalue weighted by atomic mass is 9.98. The molecule has 0 aliphatic carbocycles. The molecule has 17 heavy (non-hydrogen) atoms. The molecule has 3 N–H and O–H groups in total. The molecule has 0 radical (unpaired) electrons. The van der Waals surface area contributed by atoms with E-state index in [0.29, 0.717) is 5.56 Å². The number of nitrogen functional groups attached to an aromatic ring is 1. The summed E-state index contributed by atoms with van der Waals surface area (Å²) in [7, 11) is 0. The van der Waals surface area contributed by atoms with Crippen LogP contribution in [0.25, 0.3) is 11.1 Å². The third-order valence-corrected chi connectivity index (χ3v) is 2.65. The smallest absolute Gasteiger partial charge is 0.287 e. The second kappa shape index (κ2) is 3.84. The number of hydrogen-bond acceptors (Lipinski definition) is 2. The van der Waals surface area contributed by atoms with Gasteiger partial charge in [-0.2, -0.15) is 13.9 Å². The highest BCUT2D eigenvalue weighted by Crippen LogP contribution is 2.38. The summed E-state index contributed by atoms with van der Waals surface area (Å²) in [5, 5.41) is 5.99. The first-order chi connectivity index (χ1) is 7.91. The van der Waals surface area contributed by atoms with Crippen LogP contribution in [-0.2, 0) is 5.92 Å². The molecule has 0 bridgehead atoms. The Hall–Kier alpha value is -1.91. The summed E-state index contributed by atoms with van der Waals surface area (Å²) in [4.78, 5) is 0. The summed E-state index contributed by atoms with van der Waals surface area (Å²) < 4.78 is 26.8. The van der Waals surface area contributed by atoms with Crippen LogP contribution in [0.15, 0.2) is 24.3 Å². The van der Waals surface area contributed by atoms with Gasteiger partial charge in [-0.15, -0.1) is 0 Å². The van der Waals surface area contributed by atoms with Crippen LogP contribution in [0, 0.1) is 6.92 Å². The minimum absolute atomic E-state index is 0.0934. The molecule has 0 amide bonds. The lowest BCUT2D eigenvalue weighted by molar-refractivity contribution is 0.0133. The number of hydrogen-bond donors (Lipinski definition) is 2. The zero-order valence-electron chi connectivity index (χ0n) is 9.59. The maximum Gasteiger partial charge on any atom is 0.287 e. The van der Waals surface area contributed by atoms with Gasteiger partial charge in [-0.1, -0.05) is 24.3 Å². The zero-order valence-corrected chi connectivity index (χ0v) is 9.59. The molecule has 0 saturated carbocycles. The number of benzene rings is 1. The van der Waals surface area contributed by atoms with Gasteiger partial charge in [-0.3, -0.25) is 5.10 Å². The number of aromatic nitrogens is 2. The predicted octanol–water partition coefficient (Wildman–Crippen LogP) is 3.08. The number of H-pyrrole nitrogens is 1. The van der Waals surface area contributed by atoms with Crippen molar-refractivity contribution in [2.75, 3.05) is 5.73 Å². The number of nitrogens with zero attached hydrogens (tertiary/aromatic N) is 1. The molecule has 0 fully saturated rings. The van der Waals surface area contributed by atoms with Crippen LogP contribution in [0.5, 0.6) is 0 Å². The molecule has 0 saturated heterocycles. The molecule has 0 aliphatic rings. The van der Waals surface area contributed by atoms with Gasteiger partial charge in [0, 0.05) is 6.92 Å². The predicted molar refractivity (Wildman–Crippen MR) is 62.7 cm³/mol. The first kappa shape index (κ1) is 11.6. The molecule has 3 nitrogen and oxygen atoms in total. The fraction of sp³-hybridized carbons (Fsp3) is 0.250. The van der Waals surface area contributed by atoms with Crippen molar-refractivity contribution in [2.24, 2.45) is 0 Å². The van der Waals surface area contributed by atoms with Gasteiger partial charge in [0.2, 0.25) is 0 Å². The van der Waals surface area contributed by atoms with E-state index < -0.39 is 5.92 Å². The van der Waals surface area contributed by atoms with Crippen LogP contribution in [0.1, 0.15) is 18.2 Å². The standard InChI is InChI=1S/C12H13F2N3/c1-7-5-3-4-6-8(7)9-10(12(2,13)14)16-17-11(9)15/h3-6H,1-2H3,(H3,15,16,17). The second-order valence-electron chi connectivity index (χ2n) is 4.06. The van der Waals surface area contributed by atoms with Crippen LogP contribution in [0.2, 0.25) is 0 Å². The van der Waals surface area contributed by atoms with Gasteiger partial charge < -0.3 is 5.73 Å². The number of aromatic amines is 1. The van der Waals surface area contributed by atoms with Gasteiger partial charge in [-0.25, -0.2) is 0 Å². The van der Waals surface area contributed by atoms with Crippen molar-refractivity contribution >= 4 is 5.82 Å². The van der Waals surface area contributed by atoms with Crippen LogP contribution in [-0.4, -0.2) is 10.2 Å². The van der Waals surface area contributed by atoms with Crippen molar-refractivity contribution in [1.82, 2.24) is 10.2 Å². The highest BCUT2D eigenvalue weighted by molar-refractivity contribution is 5.78. The minimum atomic E-state index is -3.00. The molecule has 0 unspecified atom stereocenters. The summed E-state index contributed by atoms with van der Waals surface area (Å²) >= 11 is 0. The number of nitrogens with one attached hydrogen (secondary N) is 1. The van der Waals surface area contributed by atoms with Crippen LogP contribution in [0.4, 0.5) is 14.6 Å². The minimum Gasteiger partial charge on any atom is -0.382 e. The van der Waals surface area contributed by atoms with E-state index in [4.69, 9.17) is 5.73 Å². The fourth-order valence-electron chi connectivity index (χ4n) is 1.80. The van der Waals surface area contributed by atoms with Gasteiger partial charge in [0.25, 0.3) is 5.92 Å². The highest BCUT2D eigenvalue weighted by Gasteiger charge is 2.32. The number of halogens is 2. The summed E-state index contributed by atoms with van der Waals surface area (Å²) in [6.07, 6.45) is 0. The SMILES string of the molecule is Cc1ccccc1-c1c(N)n[nH]c1C(C)(F)F. The Morgan fingerprint density at radius 1 is 1.29 bits per heavy atom. The molecule has 0 atom stereocenters. The quantitative estimate of drug-likeness (QED) is 0.843. The summed E-state index contributed by atoms with van der Waals surface area (Å²) in [5.74, 6) is -2.90. The van der Waals surface area contributed by atoms with Crippen LogP contribution >= 0.6 is 0 Å². The lowest BCUT2D eigenvalue weighted by Crippen LogP contribution is -2.09. The molecule has 2 rings (SSSR count). The van der Waals surface area contributed by atoms with Crippen LogP contribution in [0.3, 0.4) is 0 Å². The Bertz CT molecular complexity index is 541. The number of nitrogens with two attached hydrogens (primary N) is 1. The van der Waals surface area contributed by atoms with E-state index in [9.17, 15) is 8.78 Å². The van der Waals surface area contributed by atoms with Gasteiger partial charge in [-0.05, 0) is 18.1 Å². The lowest BCUT2D eigenvalue weighted by Gasteiger charge is -2.12. The topological polar surface area (TPSA) is 54.7 Å². The molecule has 5 heteroatoms. The first-order valence-corrected chi connectivity index (χ1v) is 5.19. The second-order valence-corrected chi connectivity index (χ2v) is 4.06. The Labute approximate surface area is 97.7 Å². The molecule has 2 aromatic rings. The maximum absolute atomic E-state index is 13.4. The molecule has 1 heterocycles. The van der Waals surface area contributed by atoms with E-state index in [1.54, 1.807) is 12.1 Å². The molecule has 0 aliphatic heterocycles. The molecular weight excluding hydrogens is 224 g/mol. The summed E-state index contributed by atoms with van der Waals surface area (Å²) in [6.45, 7) is 2.67. The molecular formula is C12H13F2N3. The van der Waals surface area contributed by atoms with Crippen molar-refractivity contribution in [1.29, 1.82) is 0 Å². The van der Waals surface area contributed by atoms with Crippen molar-refractivity contribution < 1.29 is 8.78 Å². The van der Waals surface area contributed by atoms with E-state index in [2.05, 4.69) is 10.2 Å². The van der Waals surface area contributed by atoms with Gasteiger partial charge in [0.1, 0.15) is 5.69 Å². The van der Waals surface area contributed by atoms with Gasteiger partial charge >= 0.3 is 0 Å². The van der Waals surface area contributed by atoms with Crippen molar-refractivity contribution in [3.05, 3.63) is 35.5 Å². The van der Waals surface area contributed by atoms with E-state index in [1.165, 1.54) is 0 Å². The average Bonchev–Trinajstić information content (AvgIpc) is 2.60. The number of aryl methyl sites for hydroxylation is 1. The Morgan fingerprint density at radius 3 is 2.53 bits per heavy atom. The molecule has 0 spiro atoms. The summed E-state index contributed by atoms with van der Waals surface area (Å²) in [5.41, 5.74) is 7.26. The molecule has 90 valence electrons. The third kappa shape index (κ3) is 2.00. The normalized spacial score (nSPS) is 11.8. The largest absolute Gasteiger partial charge is 0.382 e. The van der Waals surface area contributed by atoms with Crippen LogP contribution < -0.4 is 5.73 Å². The fourth-order valence-corrected chi connectivity index (χ4v) is 1.80. The zero-order chi connectivity index (χ0) is 12.6. The van der Waals surface area contributed by atoms with Gasteiger partial charge in [0.05, 0.1) is 5.56 Å². The maximum atomic E-state index is 13.4. The summed E-state index contributed by atoms with van der Waals surface area (Å²) in [6, 6.07) is 7.23. The molecule has 1 aromatic carbocycles. The molecule has 1 aromatic heterocycles.